The quantitative estimate of drug-likeness (QED) is 0.468. The smallest absolute Gasteiger partial charge is 0.337 e. The standard InChI is InChI=1S/C27H30N2O5/c1-5-28(6-2)14-7-15-29-23(18-9-11-19(12-10-18)27(32)33-4)22-24(30)20-16-17(3)8-13-21(20)34-25(22)26(29)31/h8-13,16,23H,5-7,14-15H2,1-4H3/t23-/m0/s1. The molecule has 4 rings (SSSR count). The van der Waals surface area contributed by atoms with Gasteiger partial charge in [-0.1, -0.05) is 37.6 Å². The summed E-state index contributed by atoms with van der Waals surface area (Å²) in [7, 11) is 1.33. The molecule has 0 aliphatic carbocycles. The second-order valence-electron chi connectivity index (χ2n) is 8.57. The molecule has 2 heterocycles. The van der Waals surface area contributed by atoms with Crippen molar-refractivity contribution in [2.45, 2.75) is 33.2 Å². The van der Waals surface area contributed by atoms with Gasteiger partial charge in [-0.2, -0.15) is 0 Å². The van der Waals surface area contributed by atoms with Gasteiger partial charge in [-0.05, 0) is 62.8 Å². The Morgan fingerprint density at radius 1 is 1.09 bits per heavy atom. The minimum atomic E-state index is -0.577. The number of hydrogen-bond donors (Lipinski definition) is 0. The van der Waals surface area contributed by atoms with Crippen LogP contribution in [0.3, 0.4) is 0 Å². The number of hydrogen-bond acceptors (Lipinski definition) is 6. The van der Waals surface area contributed by atoms with Gasteiger partial charge in [0.25, 0.3) is 5.91 Å². The van der Waals surface area contributed by atoms with E-state index in [0.29, 0.717) is 28.6 Å². The third kappa shape index (κ3) is 4.23. The van der Waals surface area contributed by atoms with Crippen LogP contribution in [0.2, 0.25) is 0 Å². The molecule has 1 aliphatic heterocycles. The van der Waals surface area contributed by atoms with E-state index >= 15 is 0 Å². The topological polar surface area (TPSA) is 80.1 Å². The summed E-state index contributed by atoms with van der Waals surface area (Å²) in [6.07, 6.45) is 0.769. The predicted molar refractivity (Wildman–Crippen MR) is 130 cm³/mol. The van der Waals surface area contributed by atoms with Crippen molar-refractivity contribution < 1.29 is 18.7 Å². The number of rotatable bonds is 8. The number of amides is 1. The number of methoxy groups -OCH3 is 1. The van der Waals surface area contributed by atoms with Crippen LogP contribution in [0, 0.1) is 6.92 Å². The lowest BCUT2D eigenvalue weighted by Crippen LogP contribution is -2.33. The van der Waals surface area contributed by atoms with E-state index < -0.39 is 12.0 Å². The van der Waals surface area contributed by atoms with Crippen molar-refractivity contribution in [3.8, 4) is 0 Å². The monoisotopic (exact) mass is 462 g/mol. The molecule has 178 valence electrons. The van der Waals surface area contributed by atoms with E-state index in [4.69, 9.17) is 9.15 Å². The highest BCUT2D eigenvalue weighted by Gasteiger charge is 2.42. The normalized spacial score (nSPS) is 15.3. The summed E-state index contributed by atoms with van der Waals surface area (Å²) in [6, 6.07) is 11.7. The Kier molecular flexibility index (Phi) is 6.84. The van der Waals surface area contributed by atoms with Gasteiger partial charge >= 0.3 is 5.97 Å². The van der Waals surface area contributed by atoms with Crippen molar-refractivity contribution in [2.75, 3.05) is 33.3 Å². The number of fused-ring (bicyclic) bond motifs is 2. The van der Waals surface area contributed by atoms with Crippen molar-refractivity contribution in [3.63, 3.8) is 0 Å². The third-order valence-corrected chi connectivity index (χ3v) is 6.54. The highest BCUT2D eigenvalue weighted by Crippen LogP contribution is 2.38. The number of carbonyl (C=O) groups excluding carboxylic acids is 2. The number of carbonyl (C=O) groups is 2. The van der Waals surface area contributed by atoms with Gasteiger partial charge in [-0.15, -0.1) is 0 Å². The molecular formula is C27H30N2O5. The number of ether oxygens (including phenoxy) is 1. The molecule has 0 bridgehead atoms. The summed E-state index contributed by atoms with van der Waals surface area (Å²) >= 11 is 0. The minimum Gasteiger partial charge on any atom is -0.465 e. The molecule has 7 nitrogen and oxygen atoms in total. The molecular weight excluding hydrogens is 432 g/mol. The Balaban J connectivity index is 1.79. The zero-order valence-electron chi connectivity index (χ0n) is 20.1. The minimum absolute atomic E-state index is 0.103. The Bertz CT molecular complexity index is 1270. The van der Waals surface area contributed by atoms with Gasteiger partial charge in [-0.25, -0.2) is 4.79 Å². The van der Waals surface area contributed by atoms with Crippen LogP contribution in [-0.2, 0) is 4.74 Å². The Hall–Kier alpha value is -3.45. The third-order valence-electron chi connectivity index (χ3n) is 6.54. The van der Waals surface area contributed by atoms with Crippen LogP contribution in [-0.4, -0.2) is 55.0 Å². The van der Waals surface area contributed by atoms with Gasteiger partial charge in [-0.3, -0.25) is 9.59 Å². The molecule has 0 radical (unpaired) electrons. The van der Waals surface area contributed by atoms with Gasteiger partial charge in [0.1, 0.15) is 5.58 Å². The summed E-state index contributed by atoms with van der Waals surface area (Å²) in [4.78, 5) is 43.0. The van der Waals surface area contributed by atoms with Crippen LogP contribution >= 0.6 is 0 Å². The van der Waals surface area contributed by atoms with Crippen molar-refractivity contribution >= 4 is 22.8 Å². The summed E-state index contributed by atoms with van der Waals surface area (Å²) < 4.78 is 10.8. The molecule has 3 aromatic rings. The van der Waals surface area contributed by atoms with Crippen LogP contribution in [0.15, 0.2) is 51.7 Å². The zero-order chi connectivity index (χ0) is 24.4. The number of nitrogens with zero attached hydrogens (tertiary/aromatic N) is 2. The number of esters is 1. The van der Waals surface area contributed by atoms with Crippen LogP contribution in [0.5, 0.6) is 0 Å². The largest absolute Gasteiger partial charge is 0.465 e. The predicted octanol–water partition coefficient (Wildman–Crippen LogP) is 4.17. The van der Waals surface area contributed by atoms with Crippen molar-refractivity contribution in [3.05, 3.63) is 80.7 Å². The lowest BCUT2D eigenvalue weighted by Gasteiger charge is -2.26. The van der Waals surface area contributed by atoms with E-state index in [-0.39, 0.29) is 17.1 Å². The highest BCUT2D eigenvalue weighted by molar-refractivity contribution is 5.99. The van der Waals surface area contributed by atoms with Crippen LogP contribution in [0.25, 0.3) is 11.0 Å². The molecule has 0 N–H and O–H groups in total. The summed E-state index contributed by atoms with van der Waals surface area (Å²) in [5.74, 6) is -0.617. The molecule has 1 aromatic heterocycles. The first kappa shape index (κ1) is 23.7. The lowest BCUT2D eigenvalue weighted by molar-refractivity contribution is 0.0599. The van der Waals surface area contributed by atoms with Crippen molar-refractivity contribution in [2.24, 2.45) is 0 Å². The van der Waals surface area contributed by atoms with E-state index in [9.17, 15) is 14.4 Å². The first-order valence-corrected chi connectivity index (χ1v) is 11.7. The summed E-state index contributed by atoms with van der Waals surface area (Å²) in [5.41, 5.74) is 2.68. The van der Waals surface area contributed by atoms with Crippen LogP contribution in [0.1, 0.15) is 63.9 Å². The summed E-state index contributed by atoms with van der Waals surface area (Å²) in [5, 5.41) is 0.465. The summed E-state index contributed by atoms with van der Waals surface area (Å²) in [6.45, 7) is 9.35. The molecule has 0 unspecified atom stereocenters. The number of aryl methyl sites for hydroxylation is 1. The van der Waals surface area contributed by atoms with Gasteiger partial charge in [0.2, 0.25) is 5.76 Å². The van der Waals surface area contributed by atoms with Crippen LogP contribution < -0.4 is 5.43 Å². The van der Waals surface area contributed by atoms with E-state index in [0.717, 1.165) is 37.2 Å². The fourth-order valence-electron chi connectivity index (χ4n) is 4.64. The second-order valence-corrected chi connectivity index (χ2v) is 8.57. The Morgan fingerprint density at radius 3 is 2.44 bits per heavy atom. The molecule has 1 atom stereocenters. The average molecular weight is 463 g/mol. The van der Waals surface area contributed by atoms with Gasteiger partial charge < -0.3 is 19.0 Å². The molecule has 34 heavy (non-hydrogen) atoms. The highest BCUT2D eigenvalue weighted by atomic mass is 16.5. The molecule has 1 aliphatic rings. The first-order chi connectivity index (χ1) is 16.4. The fraction of sp³-hybridized carbons (Fsp3) is 0.370. The second kappa shape index (κ2) is 9.81. The van der Waals surface area contributed by atoms with Gasteiger partial charge in [0, 0.05) is 6.54 Å². The molecule has 2 aromatic carbocycles. The van der Waals surface area contributed by atoms with Gasteiger partial charge in [0.15, 0.2) is 5.43 Å². The Labute approximate surface area is 198 Å². The van der Waals surface area contributed by atoms with Gasteiger partial charge in [0.05, 0.1) is 29.7 Å². The van der Waals surface area contributed by atoms with E-state index in [1.165, 1.54) is 7.11 Å². The fourth-order valence-corrected chi connectivity index (χ4v) is 4.64. The molecule has 0 saturated carbocycles. The van der Waals surface area contributed by atoms with Crippen molar-refractivity contribution in [1.82, 2.24) is 9.80 Å². The van der Waals surface area contributed by atoms with E-state index in [1.807, 2.05) is 13.0 Å². The maximum atomic E-state index is 13.6. The van der Waals surface area contributed by atoms with E-state index in [2.05, 4.69) is 18.7 Å². The maximum absolute atomic E-state index is 13.6. The SMILES string of the molecule is CCN(CC)CCCN1C(=O)c2oc3ccc(C)cc3c(=O)c2[C@@H]1c1ccc(C(=O)OC)cc1. The van der Waals surface area contributed by atoms with Crippen molar-refractivity contribution in [1.29, 1.82) is 0 Å². The molecule has 0 saturated heterocycles. The first-order valence-electron chi connectivity index (χ1n) is 11.7. The zero-order valence-corrected chi connectivity index (χ0v) is 20.1. The Morgan fingerprint density at radius 2 is 1.79 bits per heavy atom. The maximum Gasteiger partial charge on any atom is 0.337 e. The van der Waals surface area contributed by atoms with E-state index in [1.54, 1.807) is 41.3 Å². The molecule has 1 amide bonds. The average Bonchev–Trinajstić information content (AvgIpc) is 3.13. The molecule has 0 fully saturated rings. The molecule has 0 spiro atoms. The molecule has 7 heteroatoms. The number of benzene rings is 2. The van der Waals surface area contributed by atoms with Crippen LogP contribution in [0.4, 0.5) is 0 Å². The lowest BCUT2D eigenvalue weighted by atomic mass is 9.97.